The van der Waals surface area contributed by atoms with Crippen LogP contribution in [0.3, 0.4) is 0 Å². The molecule has 16 heavy (non-hydrogen) atoms. The van der Waals surface area contributed by atoms with Gasteiger partial charge in [-0.1, -0.05) is 40.5 Å². The lowest BCUT2D eigenvalue weighted by Gasteiger charge is -2.24. The largest absolute Gasteiger partial charge is 0.299 e. The van der Waals surface area contributed by atoms with E-state index in [-0.39, 0.29) is 29.3 Å². The van der Waals surface area contributed by atoms with Crippen molar-refractivity contribution in [2.75, 3.05) is 0 Å². The normalized spacial score (nSPS) is 17.7. The molecule has 0 amide bonds. The first-order chi connectivity index (χ1) is 7.45. The zero-order valence-electron chi connectivity index (χ0n) is 11.0. The van der Waals surface area contributed by atoms with Crippen LogP contribution >= 0.6 is 0 Å². The van der Waals surface area contributed by atoms with E-state index in [1.54, 1.807) is 0 Å². The van der Waals surface area contributed by atoms with Crippen LogP contribution in [0, 0.1) is 23.7 Å². The van der Waals surface area contributed by atoms with E-state index in [1.807, 2.05) is 27.7 Å². The van der Waals surface area contributed by atoms with E-state index in [0.717, 1.165) is 12.8 Å². The third kappa shape index (κ3) is 2.93. The predicted octanol–water partition coefficient (Wildman–Crippen LogP) is 3.24. The summed E-state index contributed by atoms with van der Waals surface area (Å²) in [7, 11) is 0. The molecule has 0 atom stereocenters. The summed E-state index contributed by atoms with van der Waals surface area (Å²) in [6.07, 6.45) is 4.47. The smallest absolute Gasteiger partial charge is 0.146 e. The van der Waals surface area contributed by atoms with Crippen LogP contribution in [0.4, 0.5) is 0 Å². The Morgan fingerprint density at radius 2 is 1.25 bits per heavy atom. The minimum Gasteiger partial charge on any atom is -0.299 e. The van der Waals surface area contributed by atoms with Crippen LogP contribution in [0.25, 0.3) is 0 Å². The van der Waals surface area contributed by atoms with Gasteiger partial charge in [0.05, 0.1) is 5.92 Å². The van der Waals surface area contributed by atoms with E-state index in [2.05, 4.69) is 0 Å². The van der Waals surface area contributed by atoms with E-state index >= 15 is 0 Å². The summed E-state index contributed by atoms with van der Waals surface area (Å²) in [5.41, 5.74) is 0. The van der Waals surface area contributed by atoms with Crippen molar-refractivity contribution >= 4 is 11.6 Å². The van der Waals surface area contributed by atoms with E-state index in [9.17, 15) is 9.59 Å². The number of rotatable bonds is 5. The quantitative estimate of drug-likeness (QED) is 0.672. The Morgan fingerprint density at radius 1 is 0.875 bits per heavy atom. The van der Waals surface area contributed by atoms with Crippen molar-refractivity contribution in [1.82, 2.24) is 0 Å². The maximum atomic E-state index is 12.2. The van der Waals surface area contributed by atoms with Crippen molar-refractivity contribution in [3.05, 3.63) is 0 Å². The van der Waals surface area contributed by atoms with Gasteiger partial charge in [0.2, 0.25) is 0 Å². The fourth-order valence-corrected chi connectivity index (χ4v) is 2.61. The van der Waals surface area contributed by atoms with Crippen molar-refractivity contribution in [2.24, 2.45) is 23.7 Å². The van der Waals surface area contributed by atoms with Crippen molar-refractivity contribution < 1.29 is 9.59 Å². The molecule has 1 fully saturated rings. The first-order valence-electron chi connectivity index (χ1n) is 6.52. The molecule has 2 nitrogen and oxygen atoms in total. The zero-order chi connectivity index (χ0) is 12.3. The first-order valence-corrected chi connectivity index (χ1v) is 6.52. The highest BCUT2D eigenvalue weighted by Crippen LogP contribution is 2.34. The topological polar surface area (TPSA) is 34.1 Å². The average molecular weight is 224 g/mol. The molecule has 1 rings (SSSR count). The maximum Gasteiger partial charge on any atom is 0.146 e. The van der Waals surface area contributed by atoms with Crippen LogP contribution in [-0.4, -0.2) is 11.6 Å². The Balaban J connectivity index is 2.84. The maximum absolute atomic E-state index is 12.2. The van der Waals surface area contributed by atoms with Gasteiger partial charge in [0.15, 0.2) is 0 Å². The lowest BCUT2D eigenvalue weighted by Crippen LogP contribution is -2.35. The molecule has 0 radical (unpaired) electrons. The second-order valence-corrected chi connectivity index (χ2v) is 5.64. The number of carbonyl (C=O) groups is 2. The summed E-state index contributed by atoms with van der Waals surface area (Å²) >= 11 is 0. The molecule has 0 aliphatic heterocycles. The predicted molar refractivity (Wildman–Crippen MR) is 65.1 cm³/mol. The summed E-state index contributed by atoms with van der Waals surface area (Å²) < 4.78 is 0. The molecular weight excluding hydrogens is 200 g/mol. The van der Waals surface area contributed by atoms with Crippen LogP contribution in [-0.2, 0) is 9.59 Å². The lowest BCUT2D eigenvalue weighted by molar-refractivity contribution is -0.138. The highest BCUT2D eigenvalue weighted by atomic mass is 16.2. The van der Waals surface area contributed by atoms with Crippen molar-refractivity contribution in [3.8, 4) is 0 Å². The Morgan fingerprint density at radius 3 is 1.56 bits per heavy atom. The van der Waals surface area contributed by atoms with E-state index < -0.39 is 0 Å². The molecule has 0 aromatic heterocycles. The number of Topliss-reactive ketones (excluding diaryl/α,β-unsaturated/α-hetero) is 2. The molecule has 1 aliphatic carbocycles. The molecule has 0 heterocycles. The van der Waals surface area contributed by atoms with Crippen molar-refractivity contribution in [3.63, 3.8) is 0 Å². The Bertz CT molecular complexity index is 240. The first kappa shape index (κ1) is 13.4. The van der Waals surface area contributed by atoms with Gasteiger partial charge < -0.3 is 0 Å². The summed E-state index contributed by atoms with van der Waals surface area (Å²) in [5.74, 6) is 0.282. The molecule has 1 saturated carbocycles. The summed E-state index contributed by atoms with van der Waals surface area (Å²) in [6, 6.07) is 0. The standard InChI is InChI=1S/C14H24O2/c1-9(2)13(15)12(14(16)10(3)4)11-7-5-6-8-11/h9-12H,5-8H2,1-4H3. The second kappa shape index (κ2) is 5.60. The van der Waals surface area contributed by atoms with Crippen LogP contribution in [0.2, 0.25) is 0 Å². The summed E-state index contributed by atoms with van der Waals surface area (Å²) in [6.45, 7) is 7.60. The van der Waals surface area contributed by atoms with Crippen LogP contribution in [0.15, 0.2) is 0 Å². The second-order valence-electron chi connectivity index (χ2n) is 5.64. The summed E-state index contributed by atoms with van der Waals surface area (Å²) in [5, 5.41) is 0. The molecule has 0 aromatic carbocycles. The molecule has 0 unspecified atom stereocenters. The van der Waals surface area contributed by atoms with Crippen LogP contribution in [0.1, 0.15) is 53.4 Å². The zero-order valence-corrected chi connectivity index (χ0v) is 11.0. The van der Waals surface area contributed by atoms with Gasteiger partial charge in [-0.15, -0.1) is 0 Å². The number of ketones is 2. The molecule has 0 spiro atoms. The fraction of sp³-hybridized carbons (Fsp3) is 0.857. The van der Waals surface area contributed by atoms with Gasteiger partial charge in [-0.25, -0.2) is 0 Å². The molecule has 0 aromatic rings. The van der Waals surface area contributed by atoms with Crippen LogP contribution in [0.5, 0.6) is 0 Å². The van der Waals surface area contributed by atoms with Gasteiger partial charge in [-0.2, -0.15) is 0 Å². The molecule has 92 valence electrons. The molecule has 2 heteroatoms. The van der Waals surface area contributed by atoms with E-state index in [1.165, 1.54) is 12.8 Å². The third-order valence-electron chi connectivity index (χ3n) is 3.62. The van der Waals surface area contributed by atoms with Crippen LogP contribution < -0.4 is 0 Å². The monoisotopic (exact) mass is 224 g/mol. The van der Waals surface area contributed by atoms with E-state index in [4.69, 9.17) is 0 Å². The molecule has 1 aliphatic rings. The van der Waals surface area contributed by atoms with Gasteiger partial charge in [0.1, 0.15) is 11.6 Å². The van der Waals surface area contributed by atoms with Gasteiger partial charge in [0.25, 0.3) is 0 Å². The number of hydrogen-bond donors (Lipinski definition) is 0. The van der Waals surface area contributed by atoms with Gasteiger partial charge in [-0.3, -0.25) is 9.59 Å². The molecular formula is C14H24O2. The Hall–Kier alpha value is -0.660. The highest BCUT2D eigenvalue weighted by Gasteiger charge is 2.37. The van der Waals surface area contributed by atoms with Gasteiger partial charge >= 0.3 is 0 Å². The van der Waals surface area contributed by atoms with Crippen molar-refractivity contribution in [1.29, 1.82) is 0 Å². The lowest BCUT2D eigenvalue weighted by atomic mass is 9.77. The number of carbonyl (C=O) groups excluding carboxylic acids is 2. The fourth-order valence-electron chi connectivity index (χ4n) is 2.61. The number of hydrogen-bond acceptors (Lipinski definition) is 2. The SMILES string of the molecule is CC(C)C(=O)C(C(=O)C(C)C)C1CCCC1. The van der Waals surface area contributed by atoms with E-state index in [0.29, 0.717) is 5.92 Å². The van der Waals surface area contributed by atoms with Gasteiger partial charge in [-0.05, 0) is 18.8 Å². The third-order valence-corrected chi connectivity index (χ3v) is 3.62. The average Bonchev–Trinajstić information content (AvgIpc) is 2.70. The molecule has 0 saturated heterocycles. The molecule has 0 N–H and O–H groups in total. The van der Waals surface area contributed by atoms with Gasteiger partial charge in [0, 0.05) is 11.8 Å². The Labute approximate surface area is 98.8 Å². The highest BCUT2D eigenvalue weighted by molar-refractivity contribution is 6.04. The minimum atomic E-state index is -0.317. The molecule has 0 bridgehead atoms. The minimum absolute atomic E-state index is 0.0201. The van der Waals surface area contributed by atoms with Crippen molar-refractivity contribution in [2.45, 2.75) is 53.4 Å². The summed E-state index contributed by atoms with van der Waals surface area (Å²) in [4.78, 5) is 24.3. The Kier molecular flexibility index (Phi) is 4.69.